The fraction of sp³-hybridized carbons (Fsp3) is 0.125. The van der Waals surface area contributed by atoms with Crippen LogP contribution in [-0.2, 0) is 4.79 Å². The molecule has 180 valence electrons. The number of thioether (sulfide) groups is 1. The molecule has 4 aromatic rings. The van der Waals surface area contributed by atoms with Gasteiger partial charge < -0.3 is 18.8 Å². The Morgan fingerprint density at radius 3 is 2.54 bits per heavy atom. The summed E-state index contributed by atoms with van der Waals surface area (Å²) in [6, 6.07) is 12.2. The number of nitrogens with zero attached hydrogens (tertiary/aromatic N) is 3. The van der Waals surface area contributed by atoms with Gasteiger partial charge in [-0.15, -0.1) is 10.2 Å². The van der Waals surface area contributed by atoms with Crippen LogP contribution in [0.1, 0.15) is 17.0 Å². The van der Waals surface area contributed by atoms with Crippen LogP contribution in [0, 0.1) is 13.8 Å². The molecule has 11 heteroatoms. The van der Waals surface area contributed by atoms with Gasteiger partial charge in [-0.05, 0) is 79.7 Å². The highest BCUT2D eigenvalue weighted by molar-refractivity contribution is 8.03. The first-order valence-corrected chi connectivity index (χ1v) is 12.1. The van der Waals surface area contributed by atoms with Crippen molar-refractivity contribution in [3.8, 4) is 22.9 Å². The highest BCUT2D eigenvalue weighted by Gasteiger charge is 2.20. The topological polar surface area (TPSA) is 90.4 Å². The Morgan fingerprint density at radius 1 is 1.09 bits per heavy atom. The van der Waals surface area contributed by atoms with Gasteiger partial charge in [0.15, 0.2) is 0 Å². The summed E-state index contributed by atoms with van der Waals surface area (Å²) < 4.78 is 13.0. The van der Waals surface area contributed by atoms with Crippen LogP contribution in [0.2, 0.25) is 15.1 Å². The summed E-state index contributed by atoms with van der Waals surface area (Å²) in [5.41, 5.74) is 3.76. The normalized spacial score (nSPS) is 11.7. The Labute approximate surface area is 220 Å². The lowest BCUT2D eigenvalue weighted by molar-refractivity contribution is -0.131. The smallest absolute Gasteiger partial charge is 0.342 e. The number of hydrogen-bond donors (Lipinski definition) is 1. The number of carboxylic acid groups (broad SMARTS) is 1. The predicted octanol–water partition coefficient (Wildman–Crippen LogP) is 7.33. The van der Waals surface area contributed by atoms with Crippen molar-refractivity contribution in [1.82, 2.24) is 14.8 Å². The number of benzene rings is 2. The number of aryl methyl sites for hydroxylation is 1. The summed E-state index contributed by atoms with van der Waals surface area (Å²) in [5, 5.41) is 19.3. The van der Waals surface area contributed by atoms with E-state index in [1.54, 1.807) is 36.4 Å². The van der Waals surface area contributed by atoms with E-state index in [1.807, 2.05) is 30.5 Å². The second-order valence-electron chi connectivity index (χ2n) is 7.39. The fourth-order valence-corrected chi connectivity index (χ4v) is 4.66. The van der Waals surface area contributed by atoms with Gasteiger partial charge >= 0.3 is 5.97 Å². The first-order valence-electron chi connectivity index (χ1n) is 10.1. The molecule has 0 spiro atoms. The van der Waals surface area contributed by atoms with Crippen molar-refractivity contribution in [3.05, 3.63) is 79.4 Å². The summed E-state index contributed by atoms with van der Waals surface area (Å²) in [6.07, 6.45) is 1.56. The van der Waals surface area contributed by atoms with Crippen LogP contribution in [0.3, 0.4) is 0 Å². The molecule has 0 aliphatic rings. The Kier molecular flexibility index (Phi) is 7.47. The minimum Gasteiger partial charge on any atom is -0.496 e. The van der Waals surface area contributed by atoms with Crippen LogP contribution in [0.4, 0.5) is 0 Å². The Morgan fingerprint density at radius 2 is 1.86 bits per heavy atom. The van der Waals surface area contributed by atoms with E-state index in [4.69, 9.17) is 44.0 Å². The van der Waals surface area contributed by atoms with Crippen LogP contribution in [-0.4, -0.2) is 33.0 Å². The Balaban J connectivity index is 1.67. The molecule has 2 aromatic carbocycles. The number of rotatable bonds is 7. The maximum Gasteiger partial charge on any atom is 0.342 e. The van der Waals surface area contributed by atoms with Crippen LogP contribution in [0.5, 0.6) is 5.75 Å². The Bertz CT molecular complexity index is 1460. The van der Waals surface area contributed by atoms with Gasteiger partial charge in [0, 0.05) is 22.1 Å². The quantitative estimate of drug-likeness (QED) is 0.190. The summed E-state index contributed by atoms with van der Waals surface area (Å²) >= 11 is 19.2. The number of ether oxygens (including phenoxy) is 1. The molecule has 0 amide bonds. The van der Waals surface area contributed by atoms with Crippen molar-refractivity contribution >= 4 is 58.6 Å². The SMILES string of the molecule is COc1ccc(Cl)cc1-c1nnc(S/C(=C\c2cc(C)n(-c3ccc(Cl)c(Cl)c3)c2C)C(=O)O)o1. The van der Waals surface area contributed by atoms with E-state index in [1.165, 1.54) is 7.11 Å². The van der Waals surface area contributed by atoms with Gasteiger partial charge in [0.2, 0.25) is 0 Å². The van der Waals surface area contributed by atoms with Gasteiger partial charge in [0.25, 0.3) is 11.1 Å². The van der Waals surface area contributed by atoms with E-state index >= 15 is 0 Å². The zero-order valence-corrected chi connectivity index (χ0v) is 21.8. The standard InChI is InChI=1S/C24H18Cl3N3O4S/c1-12-8-14(13(2)30(12)16-5-6-18(26)19(27)11-16)9-21(23(31)32)35-24-29-28-22(34-24)17-10-15(25)4-7-20(17)33-3/h4-11H,1-3H3,(H,31,32)/b21-9-. The average molecular weight is 551 g/mol. The molecule has 0 aliphatic carbocycles. The molecule has 35 heavy (non-hydrogen) atoms. The average Bonchev–Trinajstić information content (AvgIpc) is 3.39. The second-order valence-corrected chi connectivity index (χ2v) is 9.64. The third-order valence-electron chi connectivity index (χ3n) is 5.12. The summed E-state index contributed by atoms with van der Waals surface area (Å²) in [7, 11) is 1.51. The highest BCUT2D eigenvalue weighted by Crippen LogP contribution is 2.36. The van der Waals surface area contributed by atoms with Crippen molar-refractivity contribution in [2.75, 3.05) is 7.11 Å². The molecule has 0 radical (unpaired) electrons. The molecule has 0 saturated heterocycles. The second kappa shape index (κ2) is 10.4. The maximum absolute atomic E-state index is 12.0. The van der Waals surface area contributed by atoms with Gasteiger partial charge in [0.1, 0.15) is 10.7 Å². The molecular weight excluding hydrogens is 533 g/mol. The molecule has 2 heterocycles. The monoisotopic (exact) mass is 549 g/mol. The molecule has 0 bridgehead atoms. The highest BCUT2D eigenvalue weighted by atomic mass is 35.5. The first-order chi connectivity index (χ1) is 16.7. The number of hydrogen-bond acceptors (Lipinski definition) is 6. The third kappa shape index (κ3) is 5.36. The summed E-state index contributed by atoms with van der Waals surface area (Å²) in [5.74, 6) is -0.470. The van der Waals surface area contributed by atoms with Crippen molar-refractivity contribution in [1.29, 1.82) is 0 Å². The van der Waals surface area contributed by atoms with Gasteiger partial charge in [0.05, 0.1) is 22.7 Å². The fourth-order valence-electron chi connectivity index (χ4n) is 3.53. The van der Waals surface area contributed by atoms with E-state index in [2.05, 4.69) is 10.2 Å². The predicted molar refractivity (Wildman–Crippen MR) is 138 cm³/mol. The minimum absolute atomic E-state index is 0.00708. The van der Waals surface area contributed by atoms with E-state index < -0.39 is 5.97 Å². The van der Waals surface area contributed by atoms with Crippen LogP contribution < -0.4 is 4.74 Å². The molecule has 7 nitrogen and oxygen atoms in total. The number of carboxylic acids is 1. The van der Waals surface area contributed by atoms with Crippen molar-refractivity contribution in [2.24, 2.45) is 0 Å². The lowest BCUT2D eigenvalue weighted by atomic mass is 10.2. The van der Waals surface area contributed by atoms with Gasteiger partial charge in [-0.1, -0.05) is 34.8 Å². The number of methoxy groups -OCH3 is 1. The number of aliphatic carboxylic acids is 1. The van der Waals surface area contributed by atoms with Gasteiger partial charge in [-0.2, -0.15) is 0 Å². The number of halogens is 3. The molecule has 2 aromatic heterocycles. The van der Waals surface area contributed by atoms with E-state index in [0.717, 1.165) is 34.4 Å². The lowest BCUT2D eigenvalue weighted by Gasteiger charge is -2.10. The molecule has 0 unspecified atom stereocenters. The largest absolute Gasteiger partial charge is 0.496 e. The van der Waals surface area contributed by atoms with Gasteiger partial charge in [-0.25, -0.2) is 4.79 Å². The summed E-state index contributed by atoms with van der Waals surface area (Å²) in [4.78, 5) is 12.0. The molecule has 4 rings (SSSR count). The Hall–Kier alpha value is -2.91. The van der Waals surface area contributed by atoms with Crippen LogP contribution in [0.25, 0.3) is 23.2 Å². The van der Waals surface area contributed by atoms with E-state index in [-0.39, 0.29) is 16.0 Å². The molecule has 1 N–H and O–H groups in total. The van der Waals surface area contributed by atoms with E-state index in [0.29, 0.717) is 26.4 Å². The van der Waals surface area contributed by atoms with Crippen LogP contribution >= 0.6 is 46.6 Å². The zero-order valence-electron chi connectivity index (χ0n) is 18.7. The molecule has 0 aliphatic heterocycles. The first kappa shape index (κ1) is 25.2. The van der Waals surface area contributed by atoms with Gasteiger partial charge in [-0.3, -0.25) is 0 Å². The number of carbonyl (C=O) groups is 1. The summed E-state index contributed by atoms with van der Waals surface area (Å²) in [6.45, 7) is 3.81. The zero-order chi connectivity index (χ0) is 25.3. The van der Waals surface area contributed by atoms with Crippen LogP contribution in [0.15, 0.2) is 57.0 Å². The molecule has 0 fully saturated rings. The molecule has 0 atom stereocenters. The minimum atomic E-state index is -1.13. The van der Waals surface area contributed by atoms with E-state index in [9.17, 15) is 9.90 Å². The number of aromatic nitrogens is 3. The maximum atomic E-state index is 12.0. The van der Waals surface area contributed by atoms with Crippen molar-refractivity contribution < 1.29 is 19.1 Å². The molecular formula is C24H18Cl3N3O4S. The molecule has 0 saturated carbocycles. The van der Waals surface area contributed by atoms with Crippen molar-refractivity contribution in [3.63, 3.8) is 0 Å². The van der Waals surface area contributed by atoms with Crippen molar-refractivity contribution in [2.45, 2.75) is 19.1 Å². The third-order valence-corrected chi connectivity index (χ3v) is 6.95. The lowest BCUT2D eigenvalue weighted by Crippen LogP contribution is -2.00.